The van der Waals surface area contributed by atoms with Crippen LogP contribution in [0.25, 0.3) is 11.0 Å². The van der Waals surface area contributed by atoms with Gasteiger partial charge in [-0.1, -0.05) is 12.1 Å². The number of halogens is 1. The molecule has 1 aromatic carbocycles. The van der Waals surface area contributed by atoms with Crippen LogP contribution in [0, 0.1) is 0 Å². The quantitative estimate of drug-likeness (QED) is 0.780. The van der Waals surface area contributed by atoms with Crippen LogP contribution >= 0.6 is 10.7 Å². The molecule has 0 N–H and O–H groups in total. The third kappa shape index (κ3) is 2.52. The van der Waals surface area contributed by atoms with Crippen LogP contribution in [-0.2, 0) is 15.5 Å². The zero-order valence-electron chi connectivity index (χ0n) is 7.81. The maximum Gasteiger partial charge on any atom is 0.232 e. The first-order valence-corrected chi connectivity index (χ1v) is 6.91. The van der Waals surface area contributed by atoms with Crippen molar-refractivity contribution < 1.29 is 12.8 Å². The molecular weight excluding hydrogens is 236 g/mol. The second kappa shape index (κ2) is 3.87. The van der Waals surface area contributed by atoms with Crippen molar-refractivity contribution in [3.8, 4) is 0 Å². The monoisotopic (exact) mass is 244 g/mol. The van der Waals surface area contributed by atoms with E-state index in [0.29, 0.717) is 6.42 Å². The smallest absolute Gasteiger partial charge is 0.232 e. The van der Waals surface area contributed by atoms with Gasteiger partial charge in [0.25, 0.3) is 0 Å². The molecule has 0 fully saturated rings. The van der Waals surface area contributed by atoms with Crippen LogP contribution in [-0.4, -0.2) is 14.2 Å². The number of rotatable bonds is 3. The Hall–Kier alpha value is -1.00. The molecule has 1 aromatic heterocycles. The van der Waals surface area contributed by atoms with Crippen LogP contribution in [0.3, 0.4) is 0 Å². The van der Waals surface area contributed by atoms with Crippen LogP contribution < -0.4 is 0 Å². The molecule has 0 saturated heterocycles. The highest BCUT2D eigenvalue weighted by atomic mass is 35.7. The molecule has 2 rings (SSSR count). The van der Waals surface area contributed by atoms with Crippen LogP contribution in [0.1, 0.15) is 5.56 Å². The lowest BCUT2D eigenvalue weighted by Crippen LogP contribution is -2.01. The SMILES string of the molecule is O=S(=O)(Cl)CCc1cccc2occc12. The first kappa shape index (κ1) is 10.5. The third-order valence-electron chi connectivity index (χ3n) is 2.20. The van der Waals surface area contributed by atoms with Crippen molar-refractivity contribution in [3.05, 3.63) is 36.1 Å². The predicted octanol–water partition coefficient (Wildman–Crippen LogP) is 2.54. The standard InChI is InChI=1S/C10H9ClO3S/c11-15(12,13)7-5-8-2-1-3-10-9(8)4-6-14-10/h1-4,6H,5,7H2. The summed E-state index contributed by atoms with van der Waals surface area (Å²) in [5, 5.41) is 0.942. The molecule has 0 aliphatic heterocycles. The molecule has 0 aliphatic carbocycles. The second-order valence-corrected chi connectivity index (χ2v) is 6.14. The van der Waals surface area contributed by atoms with Crippen LogP contribution in [0.15, 0.2) is 34.9 Å². The summed E-state index contributed by atoms with van der Waals surface area (Å²) in [6.45, 7) is 0. The molecule has 0 atom stereocenters. The summed E-state index contributed by atoms with van der Waals surface area (Å²) in [4.78, 5) is 0. The van der Waals surface area contributed by atoms with Gasteiger partial charge >= 0.3 is 0 Å². The number of aryl methyl sites for hydroxylation is 1. The Morgan fingerprint density at radius 1 is 1.27 bits per heavy atom. The summed E-state index contributed by atoms with van der Waals surface area (Å²) in [5.74, 6) is -0.0567. The van der Waals surface area contributed by atoms with Gasteiger partial charge in [0, 0.05) is 16.1 Å². The van der Waals surface area contributed by atoms with Gasteiger partial charge in [-0.05, 0) is 24.1 Å². The van der Waals surface area contributed by atoms with Crippen molar-refractivity contribution in [2.24, 2.45) is 0 Å². The first-order chi connectivity index (χ1) is 7.06. The average molecular weight is 245 g/mol. The highest BCUT2D eigenvalue weighted by Crippen LogP contribution is 2.20. The van der Waals surface area contributed by atoms with Crippen molar-refractivity contribution in [1.29, 1.82) is 0 Å². The Balaban J connectivity index is 2.32. The number of benzene rings is 1. The fourth-order valence-electron chi connectivity index (χ4n) is 1.51. The van der Waals surface area contributed by atoms with E-state index in [4.69, 9.17) is 15.1 Å². The first-order valence-electron chi connectivity index (χ1n) is 4.44. The Kier molecular flexibility index (Phi) is 2.71. The molecule has 80 valence electrons. The van der Waals surface area contributed by atoms with Crippen molar-refractivity contribution >= 4 is 30.7 Å². The highest BCUT2D eigenvalue weighted by Gasteiger charge is 2.08. The number of furan rings is 1. The molecule has 3 nitrogen and oxygen atoms in total. The van der Waals surface area contributed by atoms with E-state index in [1.807, 2.05) is 24.3 Å². The minimum atomic E-state index is -3.43. The maximum atomic E-state index is 10.8. The molecule has 1 heterocycles. The minimum absolute atomic E-state index is 0.0567. The van der Waals surface area contributed by atoms with E-state index in [1.165, 1.54) is 0 Å². The Morgan fingerprint density at radius 3 is 2.80 bits per heavy atom. The van der Waals surface area contributed by atoms with Gasteiger partial charge in [-0.2, -0.15) is 0 Å². The number of fused-ring (bicyclic) bond motifs is 1. The van der Waals surface area contributed by atoms with Gasteiger partial charge < -0.3 is 4.42 Å². The van der Waals surface area contributed by atoms with Crippen LogP contribution in [0.4, 0.5) is 0 Å². The summed E-state index contributed by atoms with van der Waals surface area (Å²) < 4.78 is 26.8. The van der Waals surface area contributed by atoms with Gasteiger partial charge in [0.15, 0.2) is 0 Å². The van der Waals surface area contributed by atoms with Gasteiger partial charge in [-0.25, -0.2) is 8.42 Å². The van der Waals surface area contributed by atoms with Gasteiger partial charge in [0.05, 0.1) is 12.0 Å². The molecule has 0 unspecified atom stereocenters. The van der Waals surface area contributed by atoms with Gasteiger partial charge in [0.1, 0.15) is 5.58 Å². The molecule has 5 heteroatoms. The lowest BCUT2D eigenvalue weighted by molar-refractivity contribution is 0.608. The summed E-state index contributed by atoms with van der Waals surface area (Å²) in [6, 6.07) is 7.38. The van der Waals surface area contributed by atoms with Crippen LogP contribution in [0.5, 0.6) is 0 Å². The topological polar surface area (TPSA) is 47.3 Å². The van der Waals surface area contributed by atoms with Gasteiger partial charge in [0.2, 0.25) is 9.05 Å². The molecule has 0 aliphatic rings. The minimum Gasteiger partial charge on any atom is -0.464 e. The normalized spacial score (nSPS) is 12.1. The van der Waals surface area contributed by atoms with Gasteiger partial charge in [-0.3, -0.25) is 0 Å². The van der Waals surface area contributed by atoms with E-state index >= 15 is 0 Å². The van der Waals surface area contributed by atoms with Crippen LogP contribution in [0.2, 0.25) is 0 Å². The van der Waals surface area contributed by atoms with Crippen molar-refractivity contribution in [2.75, 3.05) is 5.75 Å². The summed E-state index contributed by atoms with van der Waals surface area (Å²) in [7, 11) is 1.72. The molecule has 0 saturated carbocycles. The van der Waals surface area contributed by atoms with E-state index in [-0.39, 0.29) is 5.75 Å². The van der Waals surface area contributed by atoms with E-state index in [1.54, 1.807) is 6.26 Å². The molecular formula is C10H9ClO3S. The number of hydrogen-bond acceptors (Lipinski definition) is 3. The molecule has 0 amide bonds. The Morgan fingerprint density at radius 2 is 2.07 bits per heavy atom. The molecule has 0 radical (unpaired) electrons. The Bertz CT molecular complexity index is 571. The highest BCUT2D eigenvalue weighted by molar-refractivity contribution is 8.13. The zero-order valence-corrected chi connectivity index (χ0v) is 9.38. The Labute approximate surface area is 92.1 Å². The van der Waals surface area contributed by atoms with Gasteiger partial charge in [-0.15, -0.1) is 0 Å². The van der Waals surface area contributed by atoms with Crippen molar-refractivity contribution in [1.82, 2.24) is 0 Å². The predicted molar refractivity (Wildman–Crippen MR) is 59.6 cm³/mol. The van der Waals surface area contributed by atoms with Crippen molar-refractivity contribution in [3.63, 3.8) is 0 Å². The third-order valence-corrected chi connectivity index (χ3v) is 3.36. The molecule has 15 heavy (non-hydrogen) atoms. The van der Waals surface area contributed by atoms with E-state index in [2.05, 4.69) is 0 Å². The molecule has 0 spiro atoms. The summed E-state index contributed by atoms with van der Waals surface area (Å²) >= 11 is 0. The number of hydrogen-bond donors (Lipinski definition) is 0. The van der Waals surface area contributed by atoms with E-state index < -0.39 is 9.05 Å². The van der Waals surface area contributed by atoms with E-state index in [0.717, 1.165) is 16.5 Å². The zero-order chi connectivity index (χ0) is 10.9. The summed E-state index contributed by atoms with van der Waals surface area (Å²) in [5.41, 5.74) is 1.70. The van der Waals surface area contributed by atoms with Crippen molar-refractivity contribution in [2.45, 2.75) is 6.42 Å². The molecule has 0 bridgehead atoms. The fourth-order valence-corrected chi connectivity index (χ4v) is 2.20. The second-order valence-electron chi connectivity index (χ2n) is 3.24. The fraction of sp³-hybridized carbons (Fsp3) is 0.200. The molecule has 2 aromatic rings. The largest absolute Gasteiger partial charge is 0.464 e. The average Bonchev–Trinajstić information content (AvgIpc) is 2.61. The summed E-state index contributed by atoms with van der Waals surface area (Å²) in [6.07, 6.45) is 1.99. The lowest BCUT2D eigenvalue weighted by atomic mass is 10.1. The maximum absolute atomic E-state index is 10.8. The van der Waals surface area contributed by atoms with E-state index in [9.17, 15) is 8.42 Å². The lowest BCUT2D eigenvalue weighted by Gasteiger charge is -2.00.